The minimum absolute atomic E-state index is 0. The molecule has 220 valence electrons. The first-order chi connectivity index (χ1) is 18.2. The summed E-state index contributed by atoms with van der Waals surface area (Å²) in [5.74, 6) is 0.639. The molecule has 1 aromatic heterocycles. The van der Waals surface area contributed by atoms with Gasteiger partial charge in [-0.25, -0.2) is 4.79 Å². The summed E-state index contributed by atoms with van der Waals surface area (Å²) in [5.41, 5.74) is 6.73. The number of benzene rings is 2. The summed E-state index contributed by atoms with van der Waals surface area (Å²) < 4.78 is 46.6. The Morgan fingerprint density at radius 3 is 2.25 bits per heavy atom. The monoisotopic (exact) mass is 618 g/mol. The number of anilines is 1. The van der Waals surface area contributed by atoms with Gasteiger partial charge in [0, 0.05) is 53.1 Å². The van der Waals surface area contributed by atoms with E-state index >= 15 is 0 Å². The number of fused-ring (bicyclic) bond motifs is 1. The zero-order valence-corrected chi connectivity index (χ0v) is 24.4. The van der Waals surface area contributed by atoms with Gasteiger partial charge in [0.15, 0.2) is 0 Å². The van der Waals surface area contributed by atoms with Gasteiger partial charge in [0.2, 0.25) is 0 Å². The minimum atomic E-state index is -3.67. The Bertz CT molecular complexity index is 1470. The Balaban J connectivity index is 0.000000700. The van der Waals surface area contributed by atoms with Crippen LogP contribution in [0.25, 0.3) is 10.9 Å². The molecule has 0 bridgehead atoms. The van der Waals surface area contributed by atoms with Crippen molar-refractivity contribution in [2.75, 3.05) is 31.2 Å². The number of pyridine rings is 1. The number of hydrogen-bond acceptors (Lipinski definition) is 8. The number of nitrogens with zero attached hydrogens (tertiary/aromatic N) is 1. The highest BCUT2D eigenvalue weighted by Gasteiger charge is 2.23. The number of rotatable bonds is 6. The lowest BCUT2D eigenvalue weighted by molar-refractivity contribution is 0.0997. The van der Waals surface area contributed by atoms with Crippen LogP contribution < -0.4 is 25.8 Å². The van der Waals surface area contributed by atoms with Gasteiger partial charge in [-0.15, -0.1) is 0 Å². The fourth-order valence-electron chi connectivity index (χ4n) is 2.96. The van der Waals surface area contributed by atoms with Crippen LogP contribution in [-0.2, 0) is 20.9 Å². The molecule has 1 fully saturated rings. The number of ether oxygens (including phenoxy) is 2. The van der Waals surface area contributed by atoms with Gasteiger partial charge in [-0.3, -0.25) is 18.5 Å². The lowest BCUT2D eigenvalue weighted by Gasteiger charge is -2.13. The number of methoxy groups -OCH3 is 1. The molecule has 2 aromatic carbocycles. The van der Waals surface area contributed by atoms with Crippen LogP contribution in [0, 0.1) is 0 Å². The minimum Gasteiger partial charge on any atom is -0.496 e. The summed E-state index contributed by atoms with van der Waals surface area (Å²) in [6.07, 6.45) is 7.57. The number of aromatic nitrogens is 1. The van der Waals surface area contributed by atoms with Crippen molar-refractivity contribution in [1.29, 1.82) is 0 Å². The van der Waals surface area contributed by atoms with E-state index in [1.54, 1.807) is 55.1 Å². The molecule has 0 saturated heterocycles. The van der Waals surface area contributed by atoms with Gasteiger partial charge in [-0.1, -0.05) is 11.6 Å². The molecule has 1 saturated carbocycles. The second kappa shape index (κ2) is 15.3. The van der Waals surface area contributed by atoms with E-state index in [0.29, 0.717) is 45.1 Å². The molecule has 3 amide bonds. The summed E-state index contributed by atoms with van der Waals surface area (Å²) in [5, 5.41) is 6.48. The molecule has 16 heteroatoms. The van der Waals surface area contributed by atoms with E-state index in [0.717, 1.165) is 12.8 Å². The Hall–Kier alpha value is -3.50. The van der Waals surface area contributed by atoms with E-state index in [-0.39, 0.29) is 23.1 Å². The van der Waals surface area contributed by atoms with E-state index in [2.05, 4.69) is 15.6 Å². The second-order valence-electron chi connectivity index (χ2n) is 8.33. The molecule has 0 aliphatic heterocycles. The van der Waals surface area contributed by atoms with E-state index in [1.165, 1.54) is 7.11 Å². The maximum Gasteiger partial charge on any atom is 0.319 e. The fourth-order valence-corrected chi connectivity index (χ4v) is 3.18. The number of hydrogen-bond donors (Lipinski definition) is 4. The van der Waals surface area contributed by atoms with E-state index in [9.17, 15) is 22.2 Å². The largest absolute Gasteiger partial charge is 0.496 e. The van der Waals surface area contributed by atoms with Gasteiger partial charge in [-0.2, -0.15) is 8.42 Å². The molecule has 0 atom stereocenters. The number of primary amides is 1. The Kier molecular flexibility index (Phi) is 13.2. The van der Waals surface area contributed by atoms with Crippen molar-refractivity contribution in [3.63, 3.8) is 0 Å². The van der Waals surface area contributed by atoms with Crippen molar-refractivity contribution in [2.24, 2.45) is 5.73 Å². The quantitative estimate of drug-likeness (QED) is 0.298. The summed E-state index contributed by atoms with van der Waals surface area (Å²) in [6.45, 7) is 0. The second-order valence-corrected chi connectivity index (χ2v) is 11.7. The molecule has 1 aliphatic rings. The van der Waals surface area contributed by atoms with Crippen LogP contribution in [0.2, 0.25) is 5.02 Å². The van der Waals surface area contributed by atoms with Crippen molar-refractivity contribution < 1.29 is 41.7 Å². The normalized spacial score (nSPS) is 12.1. The zero-order valence-electron chi connectivity index (χ0n) is 22.1. The van der Waals surface area contributed by atoms with Crippen LogP contribution in [0.5, 0.6) is 17.2 Å². The van der Waals surface area contributed by atoms with E-state index in [1.807, 2.05) is 0 Å². The summed E-state index contributed by atoms with van der Waals surface area (Å²) in [7, 11) is -2.82. The summed E-state index contributed by atoms with van der Waals surface area (Å²) >= 11 is 6.30. The van der Waals surface area contributed by atoms with Crippen molar-refractivity contribution in [3.8, 4) is 17.2 Å². The molecule has 4 rings (SSSR count). The van der Waals surface area contributed by atoms with Crippen molar-refractivity contribution in [3.05, 3.63) is 53.2 Å². The number of nitrogens with two attached hydrogens (primary N) is 1. The Labute approximate surface area is 238 Å². The van der Waals surface area contributed by atoms with Crippen molar-refractivity contribution in [2.45, 2.75) is 18.9 Å². The molecular weight excluding hydrogens is 588 g/mol. The maximum absolute atomic E-state index is 11.9. The van der Waals surface area contributed by atoms with Crippen molar-refractivity contribution >= 4 is 61.0 Å². The molecular formula is C24H31ClN4O9S2. The van der Waals surface area contributed by atoms with Gasteiger partial charge in [0.05, 0.1) is 35.2 Å². The third-order valence-corrected chi connectivity index (χ3v) is 4.93. The van der Waals surface area contributed by atoms with Crippen LogP contribution in [-0.4, -0.2) is 71.5 Å². The number of halogens is 1. The van der Waals surface area contributed by atoms with Crippen LogP contribution in [0.4, 0.5) is 10.5 Å². The average Bonchev–Trinajstić information content (AvgIpc) is 3.62. The Morgan fingerprint density at radius 1 is 1.15 bits per heavy atom. The average molecular weight is 619 g/mol. The molecule has 3 aromatic rings. The van der Waals surface area contributed by atoms with Gasteiger partial charge in [0.1, 0.15) is 17.2 Å². The highest BCUT2D eigenvalue weighted by atomic mass is 35.5. The first-order valence-electron chi connectivity index (χ1n) is 11.2. The number of nitrogens with one attached hydrogen (secondary N) is 2. The lowest BCUT2D eigenvalue weighted by Crippen LogP contribution is -2.30. The molecule has 0 spiro atoms. The molecule has 1 heterocycles. The van der Waals surface area contributed by atoms with E-state index in [4.69, 9.17) is 31.4 Å². The number of urea groups is 1. The summed E-state index contributed by atoms with van der Waals surface area (Å²) in [6, 6.07) is 9.77. The van der Waals surface area contributed by atoms with Crippen LogP contribution in [0.3, 0.4) is 0 Å². The smallest absolute Gasteiger partial charge is 0.319 e. The highest BCUT2D eigenvalue weighted by molar-refractivity contribution is 7.85. The van der Waals surface area contributed by atoms with Crippen LogP contribution in [0.1, 0.15) is 23.2 Å². The summed E-state index contributed by atoms with van der Waals surface area (Å²) in [4.78, 5) is 28.0. The molecule has 13 nitrogen and oxygen atoms in total. The molecule has 40 heavy (non-hydrogen) atoms. The standard InChI is InChI=1S/C21H19ClN4O4.C2H6OS.CH4O3S.H2O/c1-29-19-10-17-13(9-14(19)20(23)27)18(6-7-24-17)30-12-4-5-16(15(22)8-12)26-21(28)25-11-2-3-11;1-4(2)3;1-5(2,3)4;/h4-11H,2-3H2,1H3,(H2,23,27)(H2,25,26,28);1-2H3;1H3,(H,2,3,4);1H2. The Morgan fingerprint density at radius 2 is 1.75 bits per heavy atom. The third-order valence-electron chi connectivity index (χ3n) is 4.62. The molecule has 7 N–H and O–H groups in total. The van der Waals surface area contributed by atoms with Gasteiger partial charge in [-0.05, 0) is 37.1 Å². The topological polar surface area (TPSA) is 219 Å². The van der Waals surface area contributed by atoms with Crippen LogP contribution >= 0.6 is 11.6 Å². The predicted octanol–water partition coefficient (Wildman–Crippen LogP) is 2.75. The number of amides is 3. The van der Waals surface area contributed by atoms with Gasteiger partial charge < -0.3 is 31.3 Å². The molecule has 0 radical (unpaired) electrons. The van der Waals surface area contributed by atoms with Gasteiger partial charge in [0.25, 0.3) is 16.0 Å². The van der Waals surface area contributed by atoms with Crippen LogP contribution in [0.15, 0.2) is 42.6 Å². The SMILES string of the molecule is COc1cc2nccc(Oc3ccc(NC(=O)NC4CC4)c(Cl)c3)c2cc1C(N)=O.CS(=O)(=O)O.CS(C)=O.O. The third kappa shape index (κ3) is 12.1. The highest BCUT2D eigenvalue weighted by Crippen LogP contribution is 2.35. The lowest BCUT2D eigenvalue weighted by atomic mass is 10.1. The molecule has 1 aliphatic carbocycles. The zero-order chi connectivity index (χ0) is 29.3. The number of carbonyl (C=O) groups excluding carboxylic acids is 2. The fraction of sp³-hybridized carbons (Fsp3) is 0.292. The van der Waals surface area contributed by atoms with Gasteiger partial charge >= 0.3 is 6.03 Å². The predicted molar refractivity (Wildman–Crippen MR) is 155 cm³/mol. The first kappa shape index (κ1) is 34.5. The number of carbonyl (C=O) groups is 2. The molecule has 0 unspecified atom stereocenters. The van der Waals surface area contributed by atoms with E-state index < -0.39 is 26.8 Å². The maximum atomic E-state index is 11.9. The first-order valence-corrected chi connectivity index (χ1v) is 15.4. The van der Waals surface area contributed by atoms with Crippen molar-refractivity contribution in [1.82, 2.24) is 10.3 Å².